The topological polar surface area (TPSA) is 159 Å². The highest BCUT2D eigenvalue weighted by Crippen LogP contribution is 2.28. The number of nitrogens with two attached hydrogens (primary N) is 2. The van der Waals surface area contributed by atoms with E-state index in [4.69, 9.17) is 31.3 Å². The zero-order valence-corrected chi connectivity index (χ0v) is 14.0. The summed E-state index contributed by atoms with van der Waals surface area (Å²) in [6.07, 6.45) is -10.2. The van der Waals surface area contributed by atoms with E-state index in [0.29, 0.717) is 5.69 Å². The Morgan fingerprint density at radius 3 is 1.69 bits per heavy atom. The second-order valence-electron chi connectivity index (χ2n) is 4.83. The number of alkyl halides is 6. The zero-order chi connectivity index (χ0) is 23.0. The van der Waals surface area contributed by atoms with Crippen molar-refractivity contribution in [3.63, 3.8) is 0 Å². The molecule has 0 radical (unpaired) electrons. The van der Waals surface area contributed by atoms with Crippen LogP contribution in [0, 0.1) is 0 Å². The van der Waals surface area contributed by atoms with E-state index < -0.39 is 24.3 Å². The number of carboxylic acid groups (broad SMARTS) is 2. The molecule has 0 saturated heterocycles. The number of benzene rings is 2. The van der Waals surface area contributed by atoms with Crippen LogP contribution in [-0.4, -0.2) is 45.6 Å². The lowest BCUT2D eigenvalue weighted by molar-refractivity contribution is -0.193. The molecule has 0 bridgehead atoms. The van der Waals surface area contributed by atoms with Gasteiger partial charge in [-0.25, -0.2) is 14.6 Å². The van der Waals surface area contributed by atoms with Crippen LogP contribution in [0.3, 0.4) is 0 Å². The molecule has 0 heterocycles. The van der Waals surface area contributed by atoms with E-state index in [-0.39, 0.29) is 11.7 Å². The van der Waals surface area contributed by atoms with Crippen LogP contribution in [0.2, 0.25) is 0 Å². The number of aliphatic imine (C=N–C) groups is 1. The van der Waals surface area contributed by atoms with Gasteiger partial charge in [-0.05, 0) is 23.6 Å². The van der Waals surface area contributed by atoms with Crippen LogP contribution in [0.4, 0.5) is 32.0 Å². The van der Waals surface area contributed by atoms with Gasteiger partial charge in [0.25, 0.3) is 0 Å². The Hall–Kier alpha value is -3.71. The molecule has 14 heteroatoms. The van der Waals surface area contributed by atoms with Crippen molar-refractivity contribution in [1.29, 1.82) is 0 Å². The molecule has 0 amide bonds. The van der Waals surface area contributed by atoms with Crippen LogP contribution in [0.5, 0.6) is 5.75 Å². The number of hydrogen-bond acceptors (Lipinski definition) is 4. The minimum absolute atomic E-state index is 0.00541. The zero-order valence-electron chi connectivity index (χ0n) is 14.0. The fourth-order valence-corrected chi connectivity index (χ4v) is 1.48. The third kappa shape index (κ3) is 9.69. The van der Waals surface area contributed by atoms with Gasteiger partial charge in [0.15, 0.2) is 5.96 Å². The summed E-state index contributed by atoms with van der Waals surface area (Å²) >= 11 is 0. The molecule has 2 aromatic carbocycles. The van der Waals surface area contributed by atoms with Crippen LogP contribution >= 0.6 is 0 Å². The van der Waals surface area contributed by atoms with Gasteiger partial charge in [-0.15, -0.1) is 0 Å². The third-order valence-electron chi connectivity index (χ3n) is 2.58. The monoisotopic (exact) mass is 429 g/mol. The Morgan fingerprint density at radius 1 is 0.862 bits per heavy atom. The number of halogens is 6. The molecule has 0 atom stereocenters. The predicted molar refractivity (Wildman–Crippen MR) is 88.5 cm³/mol. The van der Waals surface area contributed by atoms with E-state index in [1.165, 1.54) is 0 Å². The number of phenolic OH excluding ortho intramolecular Hbond substituents is 1. The maximum absolute atomic E-state index is 10.6. The smallest absolute Gasteiger partial charge is 0.490 e. The van der Waals surface area contributed by atoms with Crippen molar-refractivity contribution in [2.24, 2.45) is 16.5 Å². The summed E-state index contributed by atoms with van der Waals surface area (Å²) in [5, 5.41) is 25.4. The number of hydrogen-bond donors (Lipinski definition) is 5. The average molecular weight is 429 g/mol. The first-order valence-corrected chi connectivity index (χ1v) is 6.97. The normalized spacial score (nSPS) is 10.7. The molecule has 8 nitrogen and oxygen atoms in total. The lowest BCUT2D eigenvalue weighted by Gasteiger charge is -2.02. The van der Waals surface area contributed by atoms with Crippen molar-refractivity contribution in [2.45, 2.75) is 12.4 Å². The molecule has 0 aromatic heterocycles. The van der Waals surface area contributed by atoms with Gasteiger partial charge in [-0.2, -0.15) is 26.3 Å². The Morgan fingerprint density at radius 2 is 1.31 bits per heavy atom. The summed E-state index contributed by atoms with van der Waals surface area (Å²) < 4.78 is 63.5. The summed E-state index contributed by atoms with van der Waals surface area (Å²) in [7, 11) is 0. The Balaban J connectivity index is 0.000000473. The van der Waals surface area contributed by atoms with Crippen molar-refractivity contribution in [2.75, 3.05) is 0 Å². The number of phenols is 1. The highest BCUT2D eigenvalue weighted by Gasteiger charge is 2.38. The van der Waals surface area contributed by atoms with Gasteiger partial charge in [0, 0.05) is 5.39 Å². The summed E-state index contributed by atoms with van der Waals surface area (Å²) in [6, 6.07) is 10.7. The molecular formula is C15H13F6N3O5. The van der Waals surface area contributed by atoms with E-state index in [9.17, 15) is 31.4 Å². The number of carbonyl (C=O) groups is 2. The van der Waals surface area contributed by atoms with E-state index in [2.05, 4.69) is 4.99 Å². The molecule has 0 aliphatic rings. The molecule has 2 aromatic rings. The van der Waals surface area contributed by atoms with Gasteiger partial charge in [0.05, 0.1) is 5.69 Å². The molecule has 0 spiro atoms. The van der Waals surface area contributed by atoms with Crippen LogP contribution in [-0.2, 0) is 9.59 Å². The lowest BCUT2D eigenvalue weighted by Crippen LogP contribution is -2.21. The van der Waals surface area contributed by atoms with Crippen LogP contribution in [0.15, 0.2) is 41.4 Å². The van der Waals surface area contributed by atoms with E-state index in [0.717, 1.165) is 10.8 Å². The van der Waals surface area contributed by atoms with Gasteiger partial charge < -0.3 is 26.8 Å². The van der Waals surface area contributed by atoms with E-state index in [1.807, 2.05) is 18.2 Å². The fourth-order valence-electron chi connectivity index (χ4n) is 1.48. The number of carboxylic acids is 2. The lowest BCUT2D eigenvalue weighted by atomic mass is 10.1. The Kier molecular flexibility index (Phi) is 8.72. The van der Waals surface area contributed by atoms with Gasteiger partial charge in [-0.1, -0.05) is 18.2 Å². The molecule has 160 valence electrons. The quantitative estimate of drug-likeness (QED) is 0.265. The van der Waals surface area contributed by atoms with Gasteiger partial charge >= 0.3 is 24.3 Å². The summed E-state index contributed by atoms with van der Waals surface area (Å²) in [5.74, 6) is -5.31. The molecule has 7 N–H and O–H groups in total. The molecule has 0 fully saturated rings. The molecule has 0 unspecified atom stereocenters. The van der Waals surface area contributed by atoms with Crippen molar-refractivity contribution < 1.29 is 51.3 Å². The maximum Gasteiger partial charge on any atom is 0.490 e. The number of aliphatic carboxylic acids is 2. The van der Waals surface area contributed by atoms with Crippen molar-refractivity contribution in [3.8, 4) is 5.75 Å². The first-order chi connectivity index (χ1) is 13.1. The highest BCUT2D eigenvalue weighted by atomic mass is 19.4. The van der Waals surface area contributed by atoms with Gasteiger partial charge in [0.2, 0.25) is 0 Å². The van der Waals surface area contributed by atoms with Crippen molar-refractivity contribution in [1.82, 2.24) is 0 Å². The van der Waals surface area contributed by atoms with Gasteiger partial charge in [0.1, 0.15) is 5.75 Å². The second-order valence-corrected chi connectivity index (χ2v) is 4.83. The maximum atomic E-state index is 10.6. The average Bonchev–Trinajstić information content (AvgIpc) is 2.54. The van der Waals surface area contributed by atoms with Crippen molar-refractivity contribution in [3.05, 3.63) is 36.4 Å². The SMILES string of the molecule is NC(N)=Nc1cccc2ccc(O)cc12.O=C(O)C(F)(F)F.O=C(O)C(F)(F)F. The van der Waals surface area contributed by atoms with Crippen LogP contribution in [0.25, 0.3) is 10.8 Å². The van der Waals surface area contributed by atoms with E-state index in [1.54, 1.807) is 18.2 Å². The molecule has 0 aliphatic heterocycles. The number of nitrogens with zero attached hydrogens (tertiary/aromatic N) is 1. The molecule has 0 aliphatic carbocycles. The second kappa shape index (κ2) is 10.0. The van der Waals surface area contributed by atoms with Crippen molar-refractivity contribution >= 4 is 34.4 Å². The third-order valence-corrected chi connectivity index (χ3v) is 2.58. The van der Waals surface area contributed by atoms with E-state index >= 15 is 0 Å². The van der Waals surface area contributed by atoms with Crippen LogP contribution < -0.4 is 11.5 Å². The molecule has 2 rings (SSSR count). The number of rotatable bonds is 1. The minimum Gasteiger partial charge on any atom is -0.508 e. The molecule has 29 heavy (non-hydrogen) atoms. The van der Waals surface area contributed by atoms with Crippen LogP contribution in [0.1, 0.15) is 0 Å². The Labute approximate surface area is 157 Å². The summed E-state index contributed by atoms with van der Waals surface area (Å²) in [6.45, 7) is 0. The largest absolute Gasteiger partial charge is 0.508 e. The predicted octanol–water partition coefficient (Wildman–Crippen LogP) is 2.72. The standard InChI is InChI=1S/C11H11N3O.2C2HF3O2/c12-11(13)14-10-3-1-2-7-4-5-8(15)6-9(7)10;2*3-2(4,5)1(6)7/h1-6,15H,(H4,12,13,14);2*(H,6,7). The summed E-state index contributed by atoms with van der Waals surface area (Å²) in [5.41, 5.74) is 11.3. The van der Waals surface area contributed by atoms with Gasteiger partial charge in [-0.3, -0.25) is 0 Å². The number of guanidine groups is 1. The summed E-state index contributed by atoms with van der Waals surface area (Å²) in [4.78, 5) is 21.8. The number of fused-ring (bicyclic) bond motifs is 1. The fraction of sp³-hybridized carbons (Fsp3) is 0.133. The highest BCUT2D eigenvalue weighted by molar-refractivity contribution is 5.95. The molecule has 0 saturated carbocycles. The number of aromatic hydroxyl groups is 1. The Bertz CT molecular complexity index is 868. The minimum atomic E-state index is -5.08. The first-order valence-electron chi connectivity index (χ1n) is 6.97. The first kappa shape index (κ1) is 25.3. The molecular weight excluding hydrogens is 416 g/mol.